The van der Waals surface area contributed by atoms with E-state index in [1.54, 1.807) is 7.11 Å². The van der Waals surface area contributed by atoms with E-state index in [0.29, 0.717) is 5.11 Å². The summed E-state index contributed by atoms with van der Waals surface area (Å²) in [7, 11) is 1.64. The summed E-state index contributed by atoms with van der Waals surface area (Å²) in [5, 5.41) is 10.2. The third-order valence-electron chi connectivity index (χ3n) is 3.55. The molecule has 0 saturated heterocycles. The number of hydrogen-bond donors (Lipinski definition) is 3. The maximum Gasteiger partial charge on any atom is 0.175 e. The number of ether oxygens (including phenoxy) is 1. The van der Waals surface area contributed by atoms with Crippen LogP contribution in [0.25, 0.3) is 0 Å². The van der Waals surface area contributed by atoms with Gasteiger partial charge >= 0.3 is 0 Å². The zero-order valence-corrected chi connectivity index (χ0v) is 14.6. The molecular weight excluding hydrogens is 330 g/mol. The third kappa shape index (κ3) is 4.96. The molecule has 0 spiro atoms. The van der Waals surface area contributed by atoms with Gasteiger partial charge in [0.05, 0.1) is 7.11 Å². The molecule has 0 fully saturated rings. The fraction of sp³-hybridized carbons (Fsp3) is 0.0500. The van der Waals surface area contributed by atoms with Gasteiger partial charge in [-0.05, 0) is 72.9 Å². The first-order valence-corrected chi connectivity index (χ1v) is 8.28. The number of nitrogens with one attached hydrogen (secondary N) is 3. The first-order chi connectivity index (χ1) is 12.2. The van der Waals surface area contributed by atoms with E-state index in [2.05, 4.69) is 16.0 Å². The molecular formula is C20H19N3OS. The Balaban J connectivity index is 1.56. The first kappa shape index (κ1) is 16.8. The first-order valence-electron chi connectivity index (χ1n) is 7.87. The quantitative estimate of drug-likeness (QED) is 0.549. The van der Waals surface area contributed by atoms with E-state index in [1.165, 1.54) is 0 Å². The molecule has 3 rings (SSSR count). The normalized spacial score (nSPS) is 9.96. The Bertz CT molecular complexity index is 818. The summed E-state index contributed by atoms with van der Waals surface area (Å²) >= 11 is 5.35. The van der Waals surface area contributed by atoms with E-state index in [9.17, 15) is 0 Å². The Morgan fingerprint density at radius 3 is 1.72 bits per heavy atom. The van der Waals surface area contributed by atoms with Crippen LogP contribution in [0.1, 0.15) is 0 Å². The van der Waals surface area contributed by atoms with E-state index < -0.39 is 0 Å². The van der Waals surface area contributed by atoms with Gasteiger partial charge in [-0.1, -0.05) is 18.2 Å². The van der Waals surface area contributed by atoms with Gasteiger partial charge in [-0.3, -0.25) is 0 Å². The summed E-state index contributed by atoms with van der Waals surface area (Å²) in [5.41, 5.74) is 3.90. The molecule has 3 N–H and O–H groups in total. The van der Waals surface area contributed by atoms with E-state index in [4.69, 9.17) is 17.0 Å². The number of anilines is 4. The molecule has 0 heterocycles. The van der Waals surface area contributed by atoms with Crippen LogP contribution in [0.3, 0.4) is 0 Å². The van der Waals surface area contributed by atoms with Crippen LogP contribution in [0, 0.1) is 0 Å². The fourth-order valence-corrected chi connectivity index (χ4v) is 2.53. The van der Waals surface area contributed by atoms with Crippen LogP contribution < -0.4 is 20.7 Å². The summed E-state index contributed by atoms with van der Waals surface area (Å²) < 4.78 is 5.14. The number of methoxy groups -OCH3 is 1. The number of para-hydroxylation sites is 1. The SMILES string of the molecule is COc1ccc(NC(=S)Nc2ccc(Nc3ccccc3)cc2)cc1. The van der Waals surface area contributed by atoms with Crippen LogP contribution in [-0.4, -0.2) is 12.2 Å². The number of thiocarbonyl (C=S) groups is 1. The van der Waals surface area contributed by atoms with Gasteiger partial charge in [0.25, 0.3) is 0 Å². The van der Waals surface area contributed by atoms with E-state index in [1.807, 2.05) is 78.9 Å². The molecule has 0 aliphatic rings. The van der Waals surface area contributed by atoms with Crippen molar-refractivity contribution < 1.29 is 4.74 Å². The highest BCUT2D eigenvalue weighted by Crippen LogP contribution is 2.19. The Hall–Kier alpha value is -3.05. The molecule has 3 aromatic carbocycles. The van der Waals surface area contributed by atoms with Crippen LogP contribution in [0.2, 0.25) is 0 Å². The van der Waals surface area contributed by atoms with Crippen LogP contribution in [0.15, 0.2) is 78.9 Å². The van der Waals surface area contributed by atoms with Gasteiger partial charge in [-0.25, -0.2) is 0 Å². The smallest absolute Gasteiger partial charge is 0.175 e. The fourth-order valence-electron chi connectivity index (χ4n) is 2.29. The summed E-state index contributed by atoms with van der Waals surface area (Å²) in [6.45, 7) is 0. The average molecular weight is 349 g/mol. The summed E-state index contributed by atoms with van der Waals surface area (Å²) in [5.74, 6) is 0.811. The Morgan fingerprint density at radius 2 is 1.16 bits per heavy atom. The second-order valence-corrected chi connectivity index (χ2v) is 5.78. The minimum atomic E-state index is 0.536. The van der Waals surface area contributed by atoms with Crippen LogP contribution in [0.5, 0.6) is 5.75 Å². The Kier molecular flexibility index (Phi) is 5.49. The monoisotopic (exact) mass is 349 g/mol. The van der Waals surface area contributed by atoms with E-state index >= 15 is 0 Å². The highest BCUT2D eigenvalue weighted by atomic mass is 32.1. The van der Waals surface area contributed by atoms with Gasteiger partial charge in [0.1, 0.15) is 5.75 Å². The predicted octanol–water partition coefficient (Wildman–Crippen LogP) is 5.25. The molecule has 25 heavy (non-hydrogen) atoms. The Morgan fingerprint density at radius 1 is 0.680 bits per heavy atom. The molecule has 0 aliphatic carbocycles. The summed E-state index contributed by atoms with van der Waals surface area (Å²) in [6.07, 6.45) is 0. The van der Waals surface area contributed by atoms with Crippen molar-refractivity contribution >= 4 is 40.1 Å². The summed E-state index contributed by atoms with van der Waals surface area (Å²) in [4.78, 5) is 0. The van der Waals surface area contributed by atoms with Crippen molar-refractivity contribution in [3.63, 3.8) is 0 Å². The van der Waals surface area contributed by atoms with Gasteiger partial charge in [0, 0.05) is 22.7 Å². The predicted molar refractivity (Wildman–Crippen MR) is 109 cm³/mol. The van der Waals surface area contributed by atoms with Crippen LogP contribution in [0.4, 0.5) is 22.7 Å². The van der Waals surface area contributed by atoms with Crippen molar-refractivity contribution in [1.29, 1.82) is 0 Å². The molecule has 0 aromatic heterocycles. The second-order valence-electron chi connectivity index (χ2n) is 5.38. The van der Waals surface area contributed by atoms with E-state index in [0.717, 1.165) is 28.5 Å². The largest absolute Gasteiger partial charge is 0.497 e. The topological polar surface area (TPSA) is 45.3 Å². The summed E-state index contributed by atoms with van der Waals surface area (Å²) in [6, 6.07) is 25.6. The van der Waals surface area contributed by atoms with Crippen molar-refractivity contribution in [3.8, 4) is 5.75 Å². The zero-order valence-electron chi connectivity index (χ0n) is 13.8. The van der Waals surface area contributed by atoms with Crippen LogP contribution >= 0.6 is 12.2 Å². The van der Waals surface area contributed by atoms with E-state index in [-0.39, 0.29) is 0 Å². The van der Waals surface area contributed by atoms with Gasteiger partial charge in [0.15, 0.2) is 5.11 Å². The Labute approximate surface area is 152 Å². The molecule has 0 unspecified atom stereocenters. The third-order valence-corrected chi connectivity index (χ3v) is 3.76. The molecule has 0 amide bonds. The highest BCUT2D eigenvalue weighted by Gasteiger charge is 2.00. The lowest BCUT2D eigenvalue weighted by molar-refractivity contribution is 0.415. The maximum atomic E-state index is 5.35. The second kappa shape index (κ2) is 8.17. The standard InChI is InChI=1S/C20H19N3OS/c1-24-19-13-11-18(12-14-19)23-20(25)22-17-9-7-16(8-10-17)21-15-5-3-2-4-6-15/h2-14,21H,1H3,(H2,22,23,25). The highest BCUT2D eigenvalue weighted by molar-refractivity contribution is 7.80. The number of benzene rings is 3. The van der Waals surface area contributed by atoms with Gasteiger partial charge in [-0.15, -0.1) is 0 Å². The lowest BCUT2D eigenvalue weighted by Gasteiger charge is -2.12. The van der Waals surface area contributed by atoms with Gasteiger partial charge in [-0.2, -0.15) is 0 Å². The number of hydrogen-bond acceptors (Lipinski definition) is 3. The van der Waals surface area contributed by atoms with Crippen molar-refractivity contribution in [2.75, 3.05) is 23.1 Å². The molecule has 0 radical (unpaired) electrons. The van der Waals surface area contributed by atoms with Crippen LogP contribution in [-0.2, 0) is 0 Å². The van der Waals surface area contributed by atoms with Crippen molar-refractivity contribution in [2.24, 2.45) is 0 Å². The van der Waals surface area contributed by atoms with Gasteiger partial charge in [0.2, 0.25) is 0 Å². The van der Waals surface area contributed by atoms with Crippen molar-refractivity contribution in [1.82, 2.24) is 0 Å². The minimum Gasteiger partial charge on any atom is -0.497 e. The molecule has 5 heteroatoms. The van der Waals surface area contributed by atoms with Crippen molar-refractivity contribution in [2.45, 2.75) is 0 Å². The van der Waals surface area contributed by atoms with Crippen molar-refractivity contribution in [3.05, 3.63) is 78.9 Å². The van der Waals surface area contributed by atoms with Gasteiger partial charge < -0.3 is 20.7 Å². The maximum absolute atomic E-state index is 5.35. The lowest BCUT2D eigenvalue weighted by atomic mass is 10.2. The molecule has 0 aliphatic heterocycles. The number of rotatable bonds is 5. The average Bonchev–Trinajstić information content (AvgIpc) is 2.65. The molecule has 0 atom stereocenters. The minimum absolute atomic E-state index is 0.536. The lowest BCUT2D eigenvalue weighted by Crippen LogP contribution is -2.18. The molecule has 0 bridgehead atoms. The molecule has 4 nitrogen and oxygen atoms in total. The molecule has 0 saturated carbocycles. The molecule has 126 valence electrons. The zero-order chi connectivity index (χ0) is 17.5. The molecule has 3 aromatic rings.